The summed E-state index contributed by atoms with van der Waals surface area (Å²) in [6.45, 7) is 2.12. The van der Waals surface area contributed by atoms with Crippen molar-refractivity contribution in [2.24, 2.45) is 7.05 Å². The summed E-state index contributed by atoms with van der Waals surface area (Å²) in [5, 5.41) is 18.8. The topological polar surface area (TPSA) is 66.0 Å². The average Bonchev–Trinajstić information content (AvgIpc) is 2.98. The Labute approximate surface area is 146 Å². The Morgan fingerprint density at radius 3 is 2.36 bits per heavy atom. The van der Waals surface area contributed by atoms with Crippen LogP contribution in [0.2, 0.25) is 0 Å². The molecule has 4 heteroatoms. The number of aryl methyl sites for hydroxylation is 2. The van der Waals surface area contributed by atoms with Crippen molar-refractivity contribution in [1.82, 2.24) is 4.57 Å². The predicted octanol–water partition coefficient (Wildman–Crippen LogP) is 4.49. The van der Waals surface area contributed by atoms with Gasteiger partial charge >= 0.3 is 5.97 Å². The van der Waals surface area contributed by atoms with Crippen molar-refractivity contribution in [1.29, 1.82) is 5.26 Å². The monoisotopic (exact) mass is 330 g/mol. The molecule has 0 spiro atoms. The zero-order chi connectivity index (χ0) is 18.0. The number of aromatic carboxylic acids is 1. The quantitative estimate of drug-likeness (QED) is 0.766. The molecule has 2 aromatic carbocycles. The number of carboxylic acids is 1. The van der Waals surface area contributed by atoms with E-state index in [0.29, 0.717) is 11.1 Å². The van der Waals surface area contributed by atoms with Crippen LogP contribution < -0.4 is 0 Å². The van der Waals surface area contributed by atoms with Crippen molar-refractivity contribution >= 4 is 5.97 Å². The molecule has 1 aromatic heterocycles. The van der Waals surface area contributed by atoms with Crippen molar-refractivity contribution < 1.29 is 9.90 Å². The molecule has 0 atom stereocenters. The third-order valence-electron chi connectivity index (χ3n) is 4.39. The Balaban J connectivity index is 2.11. The third kappa shape index (κ3) is 2.92. The van der Waals surface area contributed by atoms with E-state index in [4.69, 9.17) is 0 Å². The molecule has 0 radical (unpaired) electrons. The fourth-order valence-corrected chi connectivity index (χ4v) is 3.19. The first kappa shape index (κ1) is 16.5. The van der Waals surface area contributed by atoms with Gasteiger partial charge in [0.05, 0.1) is 5.56 Å². The van der Waals surface area contributed by atoms with Crippen molar-refractivity contribution in [3.05, 3.63) is 71.5 Å². The first-order valence-corrected chi connectivity index (χ1v) is 8.08. The number of nitriles is 1. The van der Waals surface area contributed by atoms with E-state index in [1.807, 2.05) is 36.4 Å². The number of rotatable bonds is 4. The van der Waals surface area contributed by atoms with E-state index in [-0.39, 0.29) is 5.69 Å². The number of carbonyl (C=O) groups is 1. The van der Waals surface area contributed by atoms with Gasteiger partial charge in [-0.2, -0.15) is 5.26 Å². The molecular weight excluding hydrogens is 312 g/mol. The second kappa shape index (κ2) is 6.66. The Morgan fingerprint density at radius 2 is 1.76 bits per heavy atom. The van der Waals surface area contributed by atoms with E-state index >= 15 is 0 Å². The SMILES string of the molecule is CCc1ccccc1-c1ccc(-c2c(C#N)cn(C)c2C(=O)O)cc1. The second-order valence-corrected chi connectivity index (χ2v) is 5.88. The molecule has 0 saturated carbocycles. The normalized spacial score (nSPS) is 10.4. The van der Waals surface area contributed by atoms with Gasteiger partial charge < -0.3 is 9.67 Å². The molecule has 0 bridgehead atoms. The van der Waals surface area contributed by atoms with E-state index in [1.54, 1.807) is 13.2 Å². The molecule has 0 aliphatic carbocycles. The zero-order valence-corrected chi connectivity index (χ0v) is 14.2. The van der Waals surface area contributed by atoms with Gasteiger partial charge in [0.25, 0.3) is 0 Å². The fourth-order valence-electron chi connectivity index (χ4n) is 3.19. The van der Waals surface area contributed by atoms with Gasteiger partial charge in [0.1, 0.15) is 11.8 Å². The Hall–Kier alpha value is -3.32. The molecule has 0 aliphatic rings. The molecular formula is C21H18N2O2. The maximum atomic E-state index is 11.6. The summed E-state index contributed by atoms with van der Waals surface area (Å²) >= 11 is 0. The van der Waals surface area contributed by atoms with E-state index in [1.165, 1.54) is 15.7 Å². The van der Waals surface area contributed by atoms with Gasteiger partial charge in [-0.25, -0.2) is 4.79 Å². The molecule has 0 saturated heterocycles. The van der Waals surface area contributed by atoms with Crippen LogP contribution in [0.15, 0.2) is 54.7 Å². The lowest BCUT2D eigenvalue weighted by molar-refractivity contribution is 0.0687. The van der Waals surface area contributed by atoms with E-state index in [2.05, 4.69) is 25.1 Å². The molecule has 3 aromatic rings. The van der Waals surface area contributed by atoms with Gasteiger partial charge in [-0.15, -0.1) is 0 Å². The van der Waals surface area contributed by atoms with Crippen molar-refractivity contribution in [3.8, 4) is 28.3 Å². The lowest BCUT2D eigenvalue weighted by Crippen LogP contribution is -2.05. The van der Waals surface area contributed by atoms with Crippen LogP contribution in [-0.2, 0) is 13.5 Å². The van der Waals surface area contributed by atoms with E-state index in [0.717, 1.165) is 17.5 Å². The highest BCUT2D eigenvalue weighted by Crippen LogP contribution is 2.32. The summed E-state index contributed by atoms with van der Waals surface area (Å²) in [4.78, 5) is 11.6. The van der Waals surface area contributed by atoms with Crippen LogP contribution in [0.4, 0.5) is 0 Å². The highest BCUT2D eigenvalue weighted by molar-refractivity contribution is 5.96. The van der Waals surface area contributed by atoms with Crippen molar-refractivity contribution in [2.75, 3.05) is 0 Å². The highest BCUT2D eigenvalue weighted by Gasteiger charge is 2.21. The van der Waals surface area contributed by atoms with Crippen LogP contribution in [0, 0.1) is 11.3 Å². The second-order valence-electron chi connectivity index (χ2n) is 5.88. The number of hydrogen-bond acceptors (Lipinski definition) is 2. The summed E-state index contributed by atoms with van der Waals surface area (Å²) in [6.07, 6.45) is 2.50. The molecule has 124 valence electrons. The predicted molar refractivity (Wildman–Crippen MR) is 97.3 cm³/mol. The maximum Gasteiger partial charge on any atom is 0.353 e. The largest absolute Gasteiger partial charge is 0.477 e. The fraction of sp³-hybridized carbons (Fsp3) is 0.143. The lowest BCUT2D eigenvalue weighted by atomic mass is 9.95. The molecule has 3 rings (SSSR count). The minimum absolute atomic E-state index is 0.123. The molecule has 0 aliphatic heterocycles. The zero-order valence-electron chi connectivity index (χ0n) is 14.2. The third-order valence-corrected chi connectivity index (χ3v) is 4.39. The summed E-state index contributed by atoms with van der Waals surface area (Å²) in [7, 11) is 1.64. The molecule has 0 unspecified atom stereocenters. The molecule has 0 amide bonds. The van der Waals surface area contributed by atoms with Crippen molar-refractivity contribution in [2.45, 2.75) is 13.3 Å². The standard InChI is InChI=1S/C21H18N2O2/c1-3-14-6-4-5-7-18(14)15-8-10-16(11-9-15)19-17(12-22)13-23(2)20(19)21(24)25/h4-11,13H,3H2,1-2H3,(H,24,25). The van der Waals surface area contributed by atoms with Crippen LogP contribution in [0.5, 0.6) is 0 Å². The van der Waals surface area contributed by atoms with E-state index < -0.39 is 5.97 Å². The Bertz CT molecular complexity index is 976. The van der Waals surface area contributed by atoms with Gasteiger partial charge in [0, 0.05) is 18.8 Å². The molecule has 0 fully saturated rings. The van der Waals surface area contributed by atoms with Crippen LogP contribution in [0.3, 0.4) is 0 Å². The Morgan fingerprint density at radius 1 is 1.12 bits per heavy atom. The molecule has 1 N–H and O–H groups in total. The number of aromatic nitrogens is 1. The van der Waals surface area contributed by atoms with E-state index in [9.17, 15) is 15.2 Å². The molecule has 4 nitrogen and oxygen atoms in total. The van der Waals surface area contributed by atoms with Gasteiger partial charge in [-0.3, -0.25) is 0 Å². The lowest BCUT2D eigenvalue weighted by Gasteiger charge is -2.09. The minimum Gasteiger partial charge on any atom is -0.477 e. The molecule has 25 heavy (non-hydrogen) atoms. The van der Waals surface area contributed by atoms with Crippen LogP contribution in [-0.4, -0.2) is 15.6 Å². The minimum atomic E-state index is -1.04. The summed E-state index contributed by atoms with van der Waals surface area (Å²) < 4.78 is 1.48. The molecule has 1 heterocycles. The van der Waals surface area contributed by atoms with Gasteiger partial charge in [0.15, 0.2) is 0 Å². The maximum absolute atomic E-state index is 11.6. The average molecular weight is 330 g/mol. The van der Waals surface area contributed by atoms with Crippen molar-refractivity contribution in [3.63, 3.8) is 0 Å². The van der Waals surface area contributed by atoms with Crippen LogP contribution in [0.1, 0.15) is 28.5 Å². The Kier molecular flexibility index (Phi) is 4.40. The summed E-state index contributed by atoms with van der Waals surface area (Å²) in [5.74, 6) is -1.04. The highest BCUT2D eigenvalue weighted by atomic mass is 16.4. The number of nitrogens with zero attached hydrogens (tertiary/aromatic N) is 2. The van der Waals surface area contributed by atoms with Gasteiger partial charge in [-0.05, 0) is 28.7 Å². The number of hydrogen-bond donors (Lipinski definition) is 1. The number of carboxylic acid groups (broad SMARTS) is 1. The summed E-state index contributed by atoms with van der Waals surface area (Å²) in [5.41, 5.74) is 5.19. The van der Waals surface area contributed by atoms with Crippen LogP contribution in [0.25, 0.3) is 22.3 Å². The number of benzene rings is 2. The van der Waals surface area contributed by atoms with Gasteiger partial charge in [-0.1, -0.05) is 55.5 Å². The summed E-state index contributed by atoms with van der Waals surface area (Å²) in [6, 6.07) is 18.0. The first-order valence-electron chi connectivity index (χ1n) is 8.08. The smallest absolute Gasteiger partial charge is 0.353 e. The van der Waals surface area contributed by atoms with Gasteiger partial charge in [0.2, 0.25) is 0 Å². The van der Waals surface area contributed by atoms with Crippen LogP contribution >= 0.6 is 0 Å². The first-order chi connectivity index (χ1) is 12.1.